The van der Waals surface area contributed by atoms with E-state index in [2.05, 4.69) is 23.7 Å². The van der Waals surface area contributed by atoms with Crippen molar-refractivity contribution in [3.63, 3.8) is 0 Å². The largest absolute Gasteiger partial charge is 0.376 e. The highest BCUT2D eigenvalue weighted by Gasteiger charge is 2.19. The first-order chi connectivity index (χ1) is 13.9. The van der Waals surface area contributed by atoms with Crippen LogP contribution in [0.5, 0.6) is 0 Å². The van der Waals surface area contributed by atoms with Crippen LogP contribution in [-0.2, 0) is 16.1 Å². The molecular weight excluding hydrogens is 362 g/mol. The molecule has 0 bridgehead atoms. The lowest BCUT2D eigenvalue weighted by molar-refractivity contribution is -0.112. The van der Waals surface area contributed by atoms with E-state index in [0.29, 0.717) is 11.6 Å². The average molecular weight is 392 g/mol. The number of anilines is 1. The molecule has 0 spiro atoms. The molecule has 1 aromatic heterocycles. The van der Waals surface area contributed by atoms with E-state index < -0.39 is 5.91 Å². The van der Waals surface area contributed by atoms with Crippen molar-refractivity contribution in [3.8, 4) is 6.07 Å². The van der Waals surface area contributed by atoms with Gasteiger partial charge in [0.15, 0.2) is 0 Å². The number of nitrogens with zero attached hydrogens (tertiary/aromatic N) is 2. The van der Waals surface area contributed by atoms with Crippen LogP contribution in [0.25, 0.3) is 6.08 Å². The molecule has 5 nitrogen and oxygen atoms in total. The van der Waals surface area contributed by atoms with Crippen LogP contribution >= 0.6 is 0 Å². The van der Waals surface area contributed by atoms with Gasteiger partial charge in [-0.1, -0.05) is 26.0 Å². The van der Waals surface area contributed by atoms with Crippen LogP contribution in [0.3, 0.4) is 0 Å². The number of hydrogen-bond donors (Lipinski definition) is 1. The van der Waals surface area contributed by atoms with Crippen LogP contribution in [-0.4, -0.2) is 23.2 Å². The van der Waals surface area contributed by atoms with Crippen molar-refractivity contribution in [2.75, 3.05) is 11.9 Å². The molecule has 5 heteroatoms. The first-order valence-corrected chi connectivity index (χ1v) is 10.2. The van der Waals surface area contributed by atoms with Crippen molar-refractivity contribution in [2.24, 2.45) is 0 Å². The zero-order valence-corrected chi connectivity index (χ0v) is 17.7. The van der Waals surface area contributed by atoms with Crippen LogP contribution < -0.4 is 5.32 Å². The fourth-order valence-electron chi connectivity index (χ4n) is 3.70. The van der Waals surface area contributed by atoms with Crippen molar-refractivity contribution in [1.29, 1.82) is 5.26 Å². The maximum Gasteiger partial charge on any atom is 0.266 e. The highest BCUT2D eigenvalue weighted by molar-refractivity contribution is 6.09. The Labute approximate surface area is 173 Å². The third kappa shape index (κ3) is 4.96. The van der Waals surface area contributed by atoms with E-state index in [1.165, 1.54) is 5.56 Å². The first kappa shape index (κ1) is 20.9. The Morgan fingerprint density at radius 1 is 1.34 bits per heavy atom. The van der Waals surface area contributed by atoms with E-state index in [9.17, 15) is 10.1 Å². The molecule has 3 rings (SSSR count). The van der Waals surface area contributed by atoms with Crippen LogP contribution in [0.1, 0.15) is 55.1 Å². The number of carbonyl (C=O) groups is 1. The molecule has 1 aliphatic rings. The molecule has 1 aromatic carbocycles. The Hall–Kier alpha value is -2.84. The normalized spacial score (nSPS) is 16.8. The molecule has 1 fully saturated rings. The second-order valence-corrected chi connectivity index (χ2v) is 7.97. The Kier molecular flexibility index (Phi) is 6.56. The molecule has 0 saturated carbocycles. The zero-order chi connectivity index (χ0) is 21.0. The van der Waals surface area contributed by atoms with Crippen LogP contribution in [0.4, 0.5) is 5.69 Å². The summed E-state index contributed by atoms with van der Waals surface area (Å²) in [4.78, 5) is 12.6. The summed E-state index contributed by atoms with van der Waals surface area (Å²) in [7, 11) is 0. The summed E-state index contributed by atoms with van der Waals surface area (Å²) in [6.07, 6.45) is 4.09. The van der Waals surface area contributed by atoms with Gasteiger partial charge in [-0.15, -0.1) is 0 Å². The van der Waals surface area contributed by atoms with Gasteiger partial charge in [0, 0.05) is 30.2 Å². The van der Waals surface area contributed by atoms with E-state index >= 15 is 0 Å². The molecule has 29 heavy (non-hydrogen) atoms. The standard InChI is InChI=1S/C24H29N3O2/c1-16(2)19-7-9-22(10-8-19)26-24(28)21(14-25)13-20-12-17(3)27(18(20)4)15-23-6-5-11-29-23/h7-10,12-13,16,23H,5-6,11,15H2,1-4H3,(H,26,28)/b21-13+. The maximum atomic E-state index is 12.6. The maximum absolute atomic E-state index is 12.6. The number of ether oxygens (including phenoxy) is 1. The molecule has 1 unspecified atom stereocenters. The van der Waals surface area contributed by atoms with Crippen LogP contribution in [0, 0.1) is 25.2 Å². The summed E-state index contributed by atoms with van der Waals surface area (Å²) < 4.78 is 7.96. The fourth-order valence-corrected chi connectivity index (χ4v) is 3.70. The minimum Gasteiger partial charge on any atom is -0.376 e. The van der Waals surface area contributed by atoms with Gasteiger partial charge in [0.05, 0.1) is 6.10 Å². The second-order valence-electron chi connectivity index (χ2n) is 7.97. The monoisotopic (exact) mass is 391 g/mol. The highest BCUT2D eigenvalue weighted by atomic mass is 16.5. The summed E-state index contributed by atoms with van der Waals surface area (Å²) in [6.45, 7) is 9.95. The van der Waals surface area contributed by atoms with Gasteiger partial charge in [-0.25, -0.2) is 0 Å². The first-order valence-electron chi connectivity index (χ1n) is 10.2. The third-order valence-electron chi connectivity index (χ3n) is 5.52. The molecule has 1 amide bonds. The third-order valence-corrected chi connectivity index (χ3v) is 5.52. The van der Waals surface area contributed by atoms with Gasteiger partial charge in [0.25, 0.3) is 5.91 Å². The Morgan fingerprint density at radius 3 is 2.66 bits per heavy atom. The van der Waals surface area contributed by atoms with Gasteiger partial charge in [-0.2, -0.15) is 5.26 Å². The lowest BCUT2D eigenvalue weighted by atomic mass is 10.0. The number of hydrogen-bond acceptors (Lipinski definition) is 3. The van der Waals surface area contributed by atoms with Crippen molar-refractivity contribution in [3.05, 3.63) is 58.4 Å². The fraction of sp³-hybridized carbons (Fsp3) is 0.417. The molecule has 2 aromatic rings. The molecule has 1 saturated heterocycles. The smallest absolute Gasteiger partial charge is 0.266 e. The van der Waals surface area contributed by atoms with Gasteiger partial charge < -0.3 is 14.6 Å². The van der Waals surface area contributed by atoms with Crippen LogP contribution in [0.15, 0.2) is 35.9 Å². The minimum absolute atomic E-state index is 0.0929. The minimum atomic E-state index is -0.395. The van der Waals surface area contributed by atoms with Crippen molar-refractivity contribution >= 4 is 17.7 Å². The van der Waals surface area contributed by atoms with Gasteiger partial charge in [-0.3, -0.25) is 4.79 Å². The summed E-state index contributed by atoms with van der Waals surface area (Å²) in [5.74, 6) is 0.0351. The lowest BCUT2D eigenvalue weighted by Gasteiger charge is -2.14. The molecule has 2 heterocycles. The predicted octanol–water partition coefficient (Wildman–Crippen LogP) is 4.95. The van der Waals surface area contributed by atoms with Gasteiger partial charge in [-0.05, 0) is 68.0 Å². The van der Waals surface area contributed by atoms with E-state index in [1.807, 2.05) is 50.2 Å². The molecule has 0 aliphatic carbocycles. The average Bonchev–Trinajstić information content (AvgIpc) is 3.30. The molecule has 0 radical (unpaired) electrons. The summed E-state index contributed by atoms with van der Waals surface area (Å²) in [5, 5.41) is 12.4. The topological polar surface area (TPSA) is 67.0 Å². The molecule has 1 atom stereocenters. The van der Waals surface area contributed by atoms with Crippen LogP contribution in [0.2, 0.25) is 0 Å². The number of aromatic nitrogens is 1. The van der Waals surface area contributed by atoms with E-state index in [1.54, 1.807) is 6.08 Å². The van der Waals surface area contributed by atoms with E-state index in [0.717, 1.165) is 42.9 Å². The Balaban J connectivity index is 1.76. The van der Waals surface area contributed by atoms with Gasteiger partial charge >= 0.3 is 0 Å². The highest BCUT2D eigenvalue weighted by Crippen LogP contribution is 2.23. The van der Waals surface area contributed by atoms with Crippen molar-refractivity contribution in [2.45, 2.75) is 59.1 Å². The number of nitriles is 1. The number of aryl methyl sites for hydroxylation is 1. The van der Waals surface area contributed by atoms with E-state index in [4.69, 9.17) is 4.74 Å². The quantitative estimate of drug-likeness (QED) is 0.559. The summed E-state index contributed by atoms with van der Waals surface area (Å²) in [5.41, 5.74) is 5.02. The predicted molar refractivity (Wildman–Crippen MR) is 116 cm³/mol. The molecule has 152 valence electrons. The van der Waals surface area contributed by atoms with Gasteiger partial charge in [0.1, 0.15) is 11.6 Å². The Morgan fingerprint density at radius 2 is 2.07 bits per heavy atom. The number of nitrogens with one attached hydrogen (secondary N) is 1. The van der Waals surface area contributed by atoms with E-state index in [-0.39, 0.29) is 11.7 Å². The summed E-state index contributed by atoms with van der Waals surface area (Å²) in [6, 6.07) is 11.8. The number of carbonyl (C=O) groups excluding carboxylic acids is 1. The van der Waals surface area contributed by atoms with Gasteiger partial charge in [0.2, 0.25) is 0 Å². The zero-order valence-electron chi connectivity index (χ0n) is 17.7. The molecular formula is C24H29N3O2. The van der Waals surface area contributed by atoms with Crippen molar-refractivity contribution < 1.29 is 9.53 Å². The summed E-state index contributed by atoms with van der Waals surface area (Å²) >= 11 is 0. The lowest BCUT2D eigenvalue weighted by Crippen LogP contribution is -2.17. The molecule has 1 N–H and O–H groups in total. The number of rotatable bonds is 6. The number of benzene rings is 1. The number of amides is 1. The SMILES string of the molecule is Cc1cc(/C=C(\C#N)C(=O)Nc2ccc(C(C)C)cc2)c(C)n1CC1CCCO1. The van der Waals surface area contributed by atoms with Crippen molar-refractivity contribution in [1.82, 2.24) is 4.57 Å². The second kappa shape index (κ2) is 9.11. The Bertz CT molecular complexity index is 940. The molecule has 1 aliphatic heterocycles.